The number of amides is 1. The Morgan fingerprint density at radius 1 is 1.50 bits per heavy atom. The van der Waals surface area contributed by atoms with Crippen molar-refractivity contribution in [3.05, 3.63) is 30.1 Å². The number of alkyl halides is 1. The highest BCUT2D eigenvalue weighted by molar-refractivity contribution is 6.18. The first-order chi connectivity index (χ1) is 5.84. The molecule has 3 nitrogen and oxygen atoms in total. The van der Waals surface area contributed by atoms with Gasteiger partial charge in [-0.05, 0) is 12.1 Å². The van der Waals surface area contributed by atoms with E-state index in [2.05, 4.69) is 10.3 Å². The van der Waals surface area contributed by atoms with Gasteiger partial charge in [0.2, 0.25) is 0 Å². The van der Waals surface area contributed by atoms with Gasteiger partial charge in [-0.15, -0.1) is 11.6 Å². The molecule has 0 spiro atoms. The molecule has 0 bridgehead atoms. The van der Waals surface area contributed by atoms with Gasteiger partial charge in [0.1, 0.15) is 0 Å². The fraction of sp³-hybridized carbons (Fsp3) is 0.250. The van der Waals surface area contributed by atoms with E-state index in [0.717, 1.165) is 0 Å². The molecule has 0 aliphatic heterocycles. The minimum Gasteiger partial charge on any atom is -0.351 e. The third-order valence-electron chi connectivity index (χ3n) is 1.32. The highest BCUT2D eigenvalue weighted by atomic mass is 35.5. The van der Waals surface area contributed by atoms with Crippen LogP contribution in [0.2, 0.25) is 0 Å². The van der Waals surface area contributed by atoms with Gasteiger partial charge in [-0.2, -0.15) is 0 Å². The molecule has 0 saturated heterocycles. The Morgan fingerprint density at radius 2 is 2.17 bits per heavy atom. The van der Waals surface area contributed by atoms with Crippen LogP contribution >= 0.6 is 11.6 Å². The van der Waals surface area contributed by atoms with Crippen molar-refractivity contribution in [2.75, 3.05) is 12.4 Å². The lowest BCUT2D eigenvalue weighted by atomic mass is 10.2. The second kappa shape index (κ2) is 4.72. The quantitative estimate of drug-likeness (QED) is 0.714. The first-order valence-corrected chi connectivity index (χ1v) is 4.12. The average molecular weight is 185 g/mol. The highest BCUT2D eigenvalue weighted by Crippen LogP contribution is 1.94. The Bertz CT molecular complexity index is 250. The van der Waals surface area contributed by atoms with E-state index in [1.54, 1.807) is 24.5 Å². The molecular weight excluding hydrogens is 176 g/mol. The first kappa shape index (κ1) is 9.00. The number of nitrogens with one attached hydrogen (secondary N) is 1. The van der Waals surface area contributed by atoms with Crippen molar-refractivity contribution in [1.29, 1.82) is 0 Å². The van der Waals surface area contributed by atoms with Crippen LogP contribution < -0.4 is 5.32 Å². The zero-order valence-corrected chi connectivity index (χ0v) is 7.21. The van der Waals surface area contributed by atoms with E-state index in [9.17, 15) is 4.79 Å². The number of aromatic nitrogens is 1. The van der Waals surface area contributed by atoms with Gasteiger partial charge in [0.05, 0.1) is 0 Å². The number of hydrogen-bond donors (Lipinski definition) is 1. The summed E-state index contributed by atoms with van der Waals surface area (Å²) in [6.45, 7) is 0.489. The van der Waals surface area contributed by atoms with Crippen molar-refractivity contribution in [3.8, 4) is 0 Å². The molecule has 1 heterocycles. The van der Waals surface area contributed by atoms with E-state index in [-0.39, 0.29) is 5.91 Å². The number of pyridine rings is 1. The van der Waals surface area contributed by atoms with Crippen molar-refractivity contribution in [2.45, 2.75) is 0 Å². The third-order valence-corrected chi connectivity index (χ3v) is 1.51. The molecule has 0 fully saturated rings. The van der Waals surface area contributed by atoms with Gasteiger partial charge in [0.25, 0.3) is 5.91 Å². The molecule has 1 aromatic rings. The second-order valence-electron chi connectivity index (χ2n) is 2.18. The molecule has 12 heavy (non-hydrogen) atoms. The minimum atomic E-state index is -0.113. The molecule has 0 aliphatic rings. The van der Waals surface area contributed by atoms with Crippen LogP contribution in [-0.4, -0.2) is 23.3 Å². The lowest BCUT2D eigenvalue weighted by Crippen LogP contribution is -2.25. The van der Waals surface area contributed by atoms with E-state index in [0.29, 0.717) is 18.0 Å². The molecule has 1 amide bonds. The highest BCUT2D eigenvalue weighted by Gasteiger charge is 2.01. The molecule has 0 atom stereocenters. The van der Waals surface area contributed by atoms with Crippen LogP contribution in [0.3, 0.4) is 0 Å². The normalized spacial score (nSPS) is 9.42. The molecule has 0 saturated carbocycles. The number of rotatable bonds is 3. The molecule has 1 aromatic heterocycles. The van der Waals surface area contributed by atoms with Gasteiger partial charge in [-0.25, -0.2) is 0 Å². The Morgan fingerprint density at radius 3 is 2.75 bits per heavy atom. The second-order valence-corrected chi connectivity index (χ2v) is 2.56. The Kier molecular flexibility index (Phi) is 3.54. The predicted octanol–water partition coefficient (Wildman–Crippen LogP) is 1.05. The molecule has 64 valence electrons. The standard InChI is InChI=1S/C8H9ClN2O/c9-3-6-11-8(12)7-1-4-10-5-2-7/h1-2,4-5H,3,6H2,(H,11,12). The summed E-state index contributed by atoms with van der Waals surface area (Å²) in [5.74, 6) is 0.314. The van der Waals surface area contributed by atoms with Crippen molar-refractivity contribution in [2.24, 2.45) is 0 Å². The fourth-order valence-electron chi connectivity index (χ4n) is 0.766. The van der Waals surface area contributed by atoms with Crippen molar-refractivity contribution >= 4 is 17.5 Å². The van der Waals surface area contributed by atoms with Crippen LogP contribution in [0.1, 0.15) is 10.4 Å². The zero-order valence-electron chi connectivity index (χ0n) is 6.46. The largest absolute Gasteiger partial charge is 0.351 e. The summed E-state index contributed by atoms with van der Waals surface area (Å²) in [6, 6.07) is 3.31. The smallest absolute Gasteiger partial charge is 0.251 e. The summed E-state index contributed by atoms with van der Waals surface area (Å²) >= 11 is 5.41. The van der Waals surface area contributed by atoms with Crippen LogP contribution in [-0.2, 0) is 0 Å². The van der Waals surface area contributed by atoms with Crippen molar-refractivity contribution < 1.29 is 4.79 Å². The van der Waals surface area contributed by atoms with Gasteiger partial charge >= 0.3 is 0 Å². The summed E-state index contributed by atoms with van der Waals surface area (Å²) < 4.78 is 0. The fourth-order valence-corrected chi connectivity index (χ4v) is 0.861. The minimum absolute atomic E-state index is 0.113. The summed E-state index contributed by atoms with van der Waals surface area (Å²) in [5.41, 5.74) is 0.607. The van der Waals surface area contributed by atoms with Crippen LogP contribution in [0.5, 0.6) is 0 Å². The topological polar surface area (TPSA) is 42.0 Å². The summed E-state index contributed by atoms with van der Waals surface area (Å²) in [7, 11) is 0. The van der Waals surface area contributed by atoms with Gasteiger partial charge < -0.3 is 5.32 Å². The van der Waals surface area contributed by atoms with E-state index < -0.39 is 0 Å². The van der Waals surface area contributed by atoms with Crippen LogP contribution in [0.25, 0.3) is 0 Å². The SMILES string of the molecule is O=C(NCCCl)c1ccncc1. The van der Waals surface area contributed by atoms with Gasteiger partial charge in [-0.3, -0.25) is 9.78 Å². The summed E-state index contributed by atoms with van der Waals surface area (Å²) in [6.07, 6.45) is 3.16. The van der Waals surface area contributed by atoms with Gasteiger partial charge in [0.15, 0.2) is 0 Å². The molecule has 0 aliphatic carbocycles. The van der Waals surface area contributed by atoms with Crippen LogP contribution in [0.15, 0.2) is 24.5 Å². The van der Waals surface area contributed by atoms with E-state index in [4.69, 9.17) is 11.6 Å². The Balaban J connectivity index is 2.54. The molecule has 0 aromatic carbocycles. The Labute approximate surface area is 75.8 Å². The number of carbonyl (C=O) groups excluding carboxylic acids is 1. The van der Waals surface area contributed by atoms with Gasteiger partial charge in [-0.1, -0.05) is 0 Å². The number of halogens is 1. The molecule has 1 N–H and O–H groups in total. The summed E-state index contributed by atoms with van der Waals surface area (Å²) in [4.78, 5) is 15.0. The van der Waals surface area contributed by atoms with E-state index in [1.807, 2.05) is 0 Å². The first-order valence-electron chi connectivity index (χ1n) is 3.59. The van der Waals surface area contributed by atoms with Crippen LogP contribution in [0.4, 0.5) is 0 Å². The third kappa shape index (κ3) is 2.51. The maximum absolute atomic E-state index is 11.2. The maximum atomic E-state index is 11.2. The average Bonchev–Trinajstić information content (AvgIpc) is 2.15. The van der Waals surface area contributed by atoms with Crippen molar-refractivity contribution in [3.63, 3.8) is 0 Å². The van der Waals surface area contributed by atoms with Gasteiger partial charge in [0, 0.05) is 30.4 Å². The maximum Gasteiger partial charge on any atom is 0.251 e. The summed E-state index contributed by atoms with van der Waals surface area (Å²) in [5, 5.41) is 2.65. The Hall–Kier alpha value is -1.09. The molecule has 0 unspecified atom stereocenters. The van der Waals surface area contributed by atoms with E-state index >= 15 is 0 Å². The number of nitrogens with zero attached hydrogens (tertiary/aromatic N) is 1. The number of hydrogen-bond acceptors (Lipinski definition) is 2. The molecule has 0 radical (unpaired) electrons. The van der Waals surface area contributed by atoms with E-state index in [1.165, 1.54) is 0 Å². The zero-order chi connectivity index (χ0) is 8.81. The lowest BCUT2D eigenvalue weighted by molar-refractivity contribution is 0.0956. The monoisotopic (exact) mass is 184 g/mol. The van der Waals surface area contributed by atoms with Crippen LogP contribution in [0, 0.1) is 0 Å². The number of carbonyl (C=O) groups is 1. The molecule has 1 rings (SSSR count). The lowest BCUT2D eigenvalue weighted by Gasteiger charge is -2.00. The van der Waals surface area contributed by atoms with Crippen molar-refractivity contribution in [1.82, 2.24) is 10.3 Å². The predicted molar refractivity (Wildman–Crippen MR) is 47.3 cm³/mol. The molecule has 4 heteroatoms. The molecular formula is C8H9ClN2O.